The molecule has 0 spiro atoms. The van der Waals surface area contributed by atoms with Gasteiger partial charge in [0, 0.05) is 42.5 Å². The summed E-state index contributed by atoms with van der Waals surface area (Å²) in [7, 11) is 1.67. The van der Waals surface area contributed by atoms with Crippen molar-refractivity contribution in [2.75, 3.05) is 20.2 Å². The lowest BCUT2D eigenvalue weighted by Gasteiger charge is -2.31. The summed E-state index contributed by atoms with van der Waals surface area (Å²) >= 11 is 0. The molecule has 1 saturated heterocycles. The smallest absolute Gasteiger partial charge is 0.246 e. The number of amides is 1. The van der Waals surface area contributed by atoms with Crippen LogP contribution in [0.15, 0.2) is 73.2 Å². The quantitative estimate of drug-likeness (QED) is 0.354. The number of hydrogen-bond donors (Lipinski definition) is 1. The first kappa shape index (κ1) is 22.7. The van der Waals surface area contributed by atoms with Crippen LogP contribution in [0.4, 0.5) is 4.39 Å². The van der Waals surface area contributed by atoms with Gasteiger partial charge in [0.15, 0.2) is 11.6 Å². The number of carbonyl (C=O) groups is 1. The van der Waals surface area contributed by atoms with Crippen molar-refractivity contribution in [2.24, 2.45) is 0 Å². The van der Waals surface area contributed by atoms with Gasteiger partial charge in [0.1, 0.15) is 11.5 Å². The molecule has 0 radical (unpaired) electrons. The zero-order valence-corrected chi connectivity index (χ0v) is 19.4. The van der Waals surface area contributed by atoms with Gasteiger partial charge in [-0.3, -0.25) is 9.78 Å². The highest BCUT2D eigenvalue weighted by atomic mass is 19.1. The van der Waals surface area contributed by atoms with Crippen LogP contribution in [0, 0.1) is 5.82 Å². The highest BCUT2D eigenvalue weighted by molar-refractivity contribution is 5.92. The summed E-state index contributed by atoms with van der Waals surface area (Å²) in [6, 6.07) is 14.1. The first-order valence-corrected chi connectivity index (χ1v) is 11.6. The Morgan fingerprint density at radius 2 is 2.00 bits per heavy atom. The lowest BCUT2D eigenvalue weighted by molar-refractivity contribution is -0.126. The normalized spacial score (nSPS) is 14.5. The standard InChI is InChI=1S/C28H26FN3O3/c1-34-21-6-7-26-23(16-21)24(18-31-26)20-10-13-32(14-11-20)28(33)9-5-19-4-8-27(25(29)15-19)35-22-3-2-12-30-17-22/h2-9,12,15-18,20,31H,10-11,13-14H2,1H3/b9-5+. The third-order valence-electron chi connectivity index (χ3n) is 6.40. The van der Waals surface area contributed by atoms with Crippen LogP contribution in [0.25, 0.3) is 17.0 Å². The highest BCUT2D eigenvalue weighted by Gasteiger charge is 2.24. The molecule has 1 fully saturated rings. The molecule has 2 aromatic carbocycles. The Bertz CT molecular complexity index is 1360. The van der Waals surface area contributed by atoms with Crippen molar-refractivity contribution in [2.45, 2.75) is 18.8 Å². The van der Waals surface area contributed by atoms with Gasteiger partial charge in [0.2, 0.25) is 5.91 Å². The van der Waals surface area contributed by atoms with Gasteiger partial charge in [0.05, 0.1) is 13.3 Å². The van der Waals surface area contributed by atoms with Crippen molar-refractivity contribution in [3.05, 3.63) is 90.1 Å². The van der Waals surface area contributed by atoms with Crippen molar-refractivity contribution in [1.29, 1.82) is 0 Å². The van der Waals surface area contributed by atoms with E-state index in [1.165, 1.54) is 29.3 Å². The summed E-state index contributed by atoms with van der Waals surface area (Å²) in [4.78, 5) is 21.9. The minimum atomic E-state index is -0.500. The molecule has 3 heterocycles. The number of halogens is 1. The van der Waals surface area contributed by atoms with Crippen LogP contribution in [-0.2, 0) is 4.79 Å². The van der Waals surface area contributed by atoms with Crippen LogP contribution in [-0.4, -0.2) is 41.0 Å². The average molecular weight is 472 g/mol. The number of rotatable bonds is 6. The lowest BCUT2D eigenvalue weighted by Crippen LogP contribution is -2.36. The van der Waals surface area contributed by atoms with E-state index in [1.807, 2.05) is 17.0 Å². The minimum Gasteiger partial charge on any atom is -0.497 e. The van der Waals surface area contributed by atoms with Gasteiger partial charge in [-0.05, 0) is 78.4 Å². The third kappa shape index (κ3) is 5.04. The molecule has 0 atom stereocenters. The predicted molar refractivity (Wildman–Crippen MR) is 133 cm³/mol. The van der Waals surface area contributed by atoms with Crippen LogP contribution in [0.1, 0.15) is 29.9 Å². The van der Waals surface area contributed by atoms with Crippen molar-refractivity contribution < 1.29 is 18.7 Å². The Hall–Kier alpha value is -4.13. The topological polar surface area (TPSA) is 67.5 Å². The number of carbonyl (C=O) groups excluding carboxylic acids is 1. The van der Waals surface area contributed by atoms with E-state index >= 15 is 0 Å². The van der Waals surface area contributed by atoms with E-state index in [-0.39, 0.29) is 11.7 Å². The number of ether oxygens (including phenoxy) is 2. The molecule has 0 aliphatic carbocycles. The Labute approximate surface area is 203 Å². The second-order valence-electron chi connectivity index (χ2n) is 8.57. The summed E-state index contributed by atoms with van der Waals surface area (Å²) in [5.74, 6) is 1.22. The van der Waals surface area contributed by atoms with Crippen molar-refractivity contribution in [1.82, 2.24) is 14.9 Å². The number of hydrogen-bond acceptors (Lipinski definition) is 4. The first-order valence-electron chi connectivity index (χ1n) is 11.6. The third-order valence-corrected chi connectivity index (χ3v) is 6.40. The van der Waals surface area contributed by atoms with Crippen LogP contribution in [0.2, 0.25) is 0 Å². The van der Waals surface area contributed by atoms with E-state index in [0.717, 1.165) is 24.1 Å². The second-order valence-corrected chi connectivity index (χ2v) is 8.57. The fraction of sp³-hybridized carbons (Fsp3) is 0.214. The zero-order valence-electron chi connectivity index (χ0n) is 19.4. The number of nitrogens with one attached hydrogen (secondary N) is 1. The summed E-state index contributed by atoms with van der Waals surface area (Å²) in [6.45, 7) is 1.35. The fourth-order valence-electron chi connectivity index (χ4n) is 4.51. The molecule has 1 amide bonds. The maximum absolute atomic E-state index is 14.5. The van der Waals surface area contributed by atoms with Crippen LogP contribution >= 0.6 is 0 Å². The SMILES string of the molecule is COc1ccc2[nH]cc(C3CCN(C(=O)/C=C/c4ccc(Oc5cccnc5)c(F)c4)CC3)c2c1. The fourth-order valence-corrected chi connectivity index (χ4v) is 4.51. The molecule has 1 N–H and O–H groups in total. The van der Waals surface area contributed by atoms with E-state index in [1.54, 1.807) is 43.6 Å². The van der Waals surface area contributed by atoms with E-state index in [9.17, 15) is 9.18 Å². The number of likely N-dealkylation sites (tertiary alicyclic amines) is 1. The number of aromatic amines is 1. The molecule has 1 aliphatic rings. The van der Waals surface area contributed by atoms with Crippen molar-refractivity contribution >= 4 is 22.9 Å². The Kier molecular flexibility index (Phi) is 6.48. The van der Waals surface area contributed by atoms with Crippen molar-refractivity contribution in [3.63, 3.8) is 0 Å². The van der Waals surface area contributed by atoms with Gasteiger partial charge in [-0.2, -0.15) is 0 Å². The molecule has 7 heteroatoms. The maximum Gasteiger partial charge on any atom is 0.246 e. The zero-order chi connectivity index (χ0) is 24.2. The van der Waals surface area contributed by atoms with Gasteiger partial charge in [0.25, 0.3) is 0 Å². The van der Waals surface area contributed by atoms with Crippen LogP contribution in [0.3, 0.4) is 0 Å². The Balaban J connectivity index is 1.19. The largest absolute Gasteiger partial charge is 0.497 e. The Morgan fingerprint density at radius 1 is 1.14 bits per heavy atom. The summed E-state index contributed by atoms with van der Waals surface area (Å²) in [5.41, 5.74) is 2.95. The van der Waals surface area contributed by atoms with Gasteiger partial charge >= 0.3 is 0 Å². The number of benzene rings is 2. The van der Waals surface area contributed by atoms with Gasteiger partial charge in [-0.15, -0.1) is 0 Å². The number of methoxy groups -OCH3 is 1. The number of H-pyrrole nitrogens is 1. The molecular formula is C28H26FN3O3. The minimum absolute atomic E-state index is 0.0693. The molecule has 35 heavy (non-hydrogen) atoms. The van der Waals surface area contributed by atoms with E-state index in [4.69, 9.17) is 9.47 Å². The summed E-state index contributed by atoms with van der Waals surface area (Å²) in [6.07, 6.45) is 10.1. The van der Waals surface area contributed by atoms with E-state index < -0.39 is 5.82 Å². The molecule has 5 rings (SSSR count). The van der Waals surface area contributed by atoms with Crippen molar-refractivity contribution in [3.8, 4) is 17.2 Å². The highest BCUT2D eigenvalue weighted by Crippen LogP contribution is 2.35. The van der Waals surface area contributed by atoms with Gasteiger partial charge < -0.3 is 19.4 Å². The molecule has 178 valence electrons. The molecular weight excluding hydrogens is 445 g/mol. The second kappa shape index (κ2) is 10.0. The van der Waals surface area contributed by atoms with Gasteiger partial charge in [-0.25, -0.2) is 4.39 Å². The number of piperidine rings is 1. The van der Waals surface area contributed by atoms with E-state index in [2.05, 4.69) is 22.2 Å². The average Bonchev–Trinajstić information content (AvgIpc) is 3.32. The number of nitrogens with zero attached hydrogens (tertiary/aromatic N) is 2. The summed E-state index contributed by atoms with van der Waals surface area (Å²) in [5, 5.41) is 1.17. The molecule has 0 bridgehead atoms. The molecule has 0 saturated carbocycles. The van der Waals surface area contributed by atoms with Crippen LogP contribution < -0.4 is 9.47 Å². The summed E-state index contributed by atoms with van der Waals surface area (Å²) < 4.78 is 25.4. The van der Waals surface area contributed by atoms with Crippen LogP contribution in [0.5, 0.6) is 17.2 Å². The molecule has 4 aromatic rings. The first-order chi connectivity index (χ1) is 17.1. The Morgan fingerprint density at radius 3 is 2.74 bits per heavy atom. The molecule has 2 aromatic heterocycles. The predicted octanol–water partition coefficient (Wildman–Crippen LogP) is 5.92. The number of fused-ring (bicyclic) bond motifs is 1. The molecule has 1 aliphatic heterocycles. The monoisotopic (exact) mass is 471 g/mol. The molecule has 6 nitrogen and oxygen atoms in total. The van der Waals surface area contributed by atoms with E-state index in [0.29, 0.717) is 30.3 Å². The maximum atomic E-state index is 14.5. The number of pyridine rings is 1. The lowest BCUT2D eigenvalue weighted by atomic mass is 9.89. The van der Waals surface area contributed by atoms with Gasteiger partial charge in [-0.1, -0.05) is 6.07 Å². The molecule has 0 unspecified atom stereocenters. The number of aromatic nitrogens is 2.